The third-order valence-electron chi connectivity index (χ3n) is 6.60. The van der Waals surface area contributed by atoms with Crippen LogP contribution in [0.4, 0.5) is 19.0 Å². The van der Waals surface area contributed by atoms with E-state index in [-0.39, 0.29) is 18.8 Å². The number of esters is 1. The standard InChI is InChI=1S/C29H25F3N2O3/c1-2-36-27(35)15-21-7-9-22(29(30,31)32)16-26(21)37-25-10-8-17-3-5-19(13-23(17)25)20-6-4-18-11-12-34-28(33)24(18)14-20/h3-7,9,11-14,16,25H,2,8,10,15H2,1H3,(H2,33,34). The molecule has 0 amide bonds. The maximum absolute atomic E-state index is 13.5. The molecule has 2 N–H and O–H groups in total. The predicted octanol–water partition coefficient (Wildman–Crippen LogP) is 6.67. The number of carbonyl (C=O) groups excluding carboxylic acids is 1. The third-order valence-corrected chi connectivity index (χ3v) is 6.60. The van der Waals surface area contributed by atoms with Crippen LogP contribution in [0.3, 0.4) is 0 Å². The van der Waals surface area contributed by atoms with Crippen molar-refractivity contribution in [3.63, 3.8) is 0 Å². The molecular formula is C29H25F3N2O3. The molecule has 37 heavy (non-hydrogen) atoms. The molecule has 0 saturated heterocycles. The molecular weight excluding hydrogens is 481 g/mol. The molecule has 5 rings (SSSR count). The van der Waals surface area contributed by atoms with Gasteiger partial charge >= 0.3 is 12.1 Å². The molecule has 1 heterocycles. The summed E-state index contributed by atoms with van der Waals surface area (Å²) in [6.45, 7) is 1.86. The number of benzene rings is 3. The topological polar surface area (TPSA) is 74.4 Å². The number of alkyl halides is 3. The highest BCUT2D eigenvalue weighted by Crippen LogP contribution is 2.40. The van der Waals surface area contributed by atoms with E-state index in [1.165, 1.54) is 6.07 Å². The maximum Gasteiger partial charge on any atom is 0.416 e. The summed E-state index contributed by atoms with van der Waals surface area (Å²) >= 11 is 0. The normalized spacial score (nSPS) is 15.0. The zero-order chi connectivity index (χ0) is 26.2. The number of nitrogen functional groups attached to an aromatic ring is 1. The summed E-state index contributed by atoms with van der Waals surface area (Å²) in [5.41, 5.74) is 9.47. The molecule has 190 valence electrons. The van der Waals surface area contributed by atoms with Crippen molar-refractivity contribution in [3.8, 4) is 16.9 Å². The molecule has 1 atom stereocenters. The van der Waals surface area contributed by atoms with Gasteiger partial charge in [0.1, 0.15) is 17.7 Å². The summed E-state index contributed by atoms with van der Waals surface area (Å²) in [5.74, 6) is -0.0395. The van der Waals surface area contributed by atoms with E-state index in [0.29, 0.717) is 17.8 Å². The summed E-state index contributed by atoms with van der Waals surface area (Å²) in [5, 5.41) is 1.83. The number of aryl methyl sites for hydroxylation is 1. The molecule has 1 aliphatic carbocycles. The van der Waals surface area contributed by atoms with Crippen LogP contribution in [0, 0.1) is 0 Å². The van der Waals surface area contributed by atoms with Crippen molar-refractivity contribution in [1.82, 2.24) is 4.98 Å². The average molecular weight is 507 g/mol. The van der Waals surface area contributed by atoms with E-state index in [4.69, 9.17) is 15.2 Å². The number of carbonyl (C=O) groups is 1. The van der Waals surface area contributed by atoms with Gasteiger partial charge in [0, 0.05) is 17.1 Å². The van der Waals surface area contributed by atoms with Crippen molar-refractivity contribution in [2.45, 2.75) is 38.5 Å². The number of aromatic nitrogens is 1. The SMILES string of the molecule is CCOC(=O)Cc1ccc(C(F)(F)F)cc1OC1CCc2ccc(-c3ccc4ccnc(N)c4c3)cc21. The zero-order valence-electron chi connectivity index (χ0n) is 20.1. The number of halogens is 3. The van der Waals surface area contributed by atoms with Crippen LogP contribution in [-0.4, -0.2) is 17.6 Å². The summed E-state index contributed by atoms with van der Waals surface area (Å²) in [7, 11) is 0. The number of ether oxygens (including phenoxy) is 2. The molecule has 1 unspecified atom stereocenters. The van der Waals surface area contributed by atoms with E-state index >= 15 is 0 Å². The third kappa shape index (κ3) is 5.09. The van der Waals surface area contributed by atoms with Gasteiger partial charge in [-0.25, -0.2) is 4.98 Å². The average Bonchev–Trinajstić information content (AvgIpc) is 3.26. The Bertz CT molecular complexity index is 1480. The number of nitrogens with zero attached hydrogens (tertiary/aromatic N) is 1. The molecule has 0 aliphatic heterocycles. The van der Waals surface area contributed by atoms with Gasteiger partial charge in [-0.3, -0.25) is 4.79 Å². The zero-order valence-corrected chi connectivity index (χ0v) is 20.1. The second kappa shape index (κ2) is 9.76. The Morgan fingerprint density at radius 3 is 2.62 bits per heavy atom. The Kier molecular flexibility index (Phi) is 6.50. The van der Waals surface area contributed by atoms with Gasteiger partial charge in [-0.1, -0.05) is 30.3 Å². The number of anilines is 1. The lowest BCUT2D eigenvalue weighted by Gasteiger charge is -2.20. The summed E-state index contributed by atoms with van der Waals surface area (Å²) < 4.78 is 51.6. The van der Waals surface area contributed by atoms with Crippen molar-refractivity contribution >= 4 is 22.6 Å². The van der Waals surface area contributed by atoms with Crippen LogP contribution in [0.15, 0.2) is 66.9 Å². The maximum atomic E-state index is 13.5. The number of rotatable bonds is 6. The fraction of sp³-hybridized carbons (Fsp3) is 0.241. The Balaban J connectivity index is 1.48. The monoisotopic (exact) mass is 506 g/mol. The fourth-order valence-electron chi connectivity index (χ4n) is 4.74. The van der Waals surface area contributed by atoms with Crippen molar-refractivity contribution in [1.29, 1.82) is 0 Å². The molecule has 0 spiro atoms. The van der Waals surface area contributed by atoms with Crippen LogP contribution in [0.5, 0.6) is 5.75 Å². The Labute approximate surface area is 212 Å². The first-order valence-electron chi connectivity index (χ1n) is 12.0. The minimum Gasteiger partial charge on any atom is -0.485 e. The lowest BCUT2D eigenvalue weighted by molar-refractivity contribution is -0.142. The van der Waals surface area contributed by atoms with Crippen LogP contribution in [-0.2, 0) is 28.5 Å². The quantitative estimate of drug-likeness (QED) is 0.296. The van der Waals surface area contributed by atoms with Gasteiger partial charge in [0.25, 0.3) is 0 Å². The molecule has 1 aromatic heterocycles. The molecule has 0 radical (unpaired) electrons. The highest BCUT2D eigenvalue weighted by Gasteiger charge is 2.33. The van der Waals surface area contributed by atoms with E-state index < -0.39 is 23.8 Å². The van der Waals surface area contributed by atoms with E-state index in [1.807, 2.05) is 42.5 Å². The minimum absolute atomic E-state index is 0.0377. The first-order valence-corrected chi connectivity index (χ1v) is 12.0. The summed E-state index contributed by atoms with van der Waals surface area (Å²) in [4.78, 5) is 16.3. The molecule has 0 bridgehead atoms. The number of hydrogen-bond donors (Lipinski definition) is 1. The first kappa shape index (κ1) is 24.6. The van der Waals surface area contributed by atoms with Crippen LogP contribution >= 0.6 is 0 Å². The Morgan fingerprint density at radius 2 is 1.84 bits per heavy atom. The van der Waals surface area contributed by atoms with Crippen molar-refractivity contribution < 1.29 is 27.4 Å². The molecule has 3 aromatic carbocycles. The van der Waals surface area contributed by atoms with Gasteiger partial charge < -0.3 is 15.2 Å². The van der Waals surface area contributed by atoms with Crippen molar-refractivity contribution in [3.05, 3.63) is 89.1 Å². The molecule has 1 aliphatic rings. The van der Waals surface area contributed by atoms with Gasteiger partial charge in [-0.15, -0.1) is 0 Å². The molecule has 8 heteroatoms. The molecule has 0 fully saturated rings. The highest BCUT2D eigenvalue weighted by molar-refractivity contribution is 5.94. The lowest BCUT2D eigenvalue weighted by atomic mass is 9.98. The predicted molar refractivity (Wildman–Crippen MR) is 135 cm³/mol. The van der Waals surface area contributed by atoms with Gasteiger partial charge in [0.2, 0.25) is 0 Å². The highest BCUT2D eigenvalue weighted by atomic mass is 19.4. The van der Waals surface area contributed by atoms with Crippen LogP contribution in [0.2, 0.25) is 0 Å². The second-order valence-electron chi connectivity index (χ2n) is 8.99. The molecule has 4 aromatic rings. The van der Waals surface area contributed by atoms with Gasteiger partial charge in [-0.05, 0) is 77.7 Å². The smallest absolute Gasteiger partial charge is 0.416 e. The van der Waals surface area contributed by atoms with Crippen LogP contribution < -0.4 is 10.5 Å². The second-order valence-corrected chi connectivity index (χ2v) is 8.99. The summed E-state index contributed by atoms with van der Waals surface area (Å²) in [6, 6.07) is 17.1. The Morgan fingerprint density at radius 1 is 1.05 bits per heavy atom. The van der Waals surface area contributed by atoms with Gasteiger partial charge in [0.05, 0.1) is 18.6 Å². The van der Waals surface area contributed by atoms with E-state index in [0.717, 1.165) is 51.6 Å². The number of pyridine rings is 1. The molecule has 0 saturated carbocycles. The first-order chi connectivity index (χ1) is 17.7. The fourth-order valence-corrected chi connectivity index (χ4v) is 4.74. The summed E-state index contributed by atoms with van der Waals surface area (Å²) in [6.07, 6.45) is -2.14. The molecule has 5 nitrogen and oxygen atoms in total. The number of nitrogens with two attached hydrogens (primary N) is 1. The van der Waals surface area contributed by atoms with Gasteiger partial charge in [0.15, 0.2) is 0 Å². The van der Waals surface area contributed by atoms with Crippen LogP contribution in [0.1, 0.15) is 41.7 Å². The number of fused-ring (bicyclic) bond motifs is 2. The lowest BCUT2D eigenvalue weighted by Crippen LogP contribution is -2.13. The van der Waals surface area contributed by atoms with Crippen molar-refractivity contribution in [2.75, 3.05) is 12.3 Å². The minimum atomic E-state index is -4.53. The van der Waals surface area contributed by atoms with E-state index in [2.05, 4.69) is 4.98 Å². The van der Waals surface area contributed by atoms with E-state index in [1.54, 1.807) is 13.1 Å². The Hall–Kier alpha value is -4.07. The van der Waals surface area contributed by atoms with E-state index in [9.17, 15) is 18.0 Å². The van der Waals surface area contributed by atoms with Crippen molar-refractivity contribution in [2.24, 2.45) is 0 Å². The largest absolute Gasteiger partial charge is 0.485 e. The number of hydrogen-bond acceptors (Lipinski definition) is 5. The van der Waals surface area contributed by atoms with Crippen LogP contribution in [0.25, 0.3) is 21.9 Å². The van der Waals surface area contributed by atoms with Gasteiger partial charge in [-0.2, -0.15) is 13.2 Å².